The highest BCUT2D eigenvalue weighted by molar-refractivity contribution is 5.73. The van der Waals surface area contributed by atoms with Crippen molar-refractivity contribution in [2.24, 2.45) is 14.1 Å². The van der Waals surface area contributed by atoms with Crippen molar-refractivity contribution >= 4 is 11.1 Å². The Hall–Kier alpha value is -2.57. The largest absolute Gasteiger partial charge is 0.419 e. The van der Waals surface area contributed by atoms with Gasteiger partial charge in [0.25, 0.3) is 0 Å². The van der Waals surface area contributed by atoms with Gasteiger partial charge >= 0.3 is 11.4 Å². The Balaban J connectivity index is 1.74. The molecule has 0 N–H and O–H groups in total. The molecule has 7 nitrogen and oxygen atoms in total. The van der Waals surface area contributed by atoms with Crippen molar-refractivity contribution in [3.8, 4) is 0 Å². The van der Waals surface area contributed by atoms with E-state index in [1.54, 1.807) is 24.7 Å². The highest BCUT2D eigenvalue weighted by Crippen LogP contribution is 2.38. The Kier molecular flexibility index (Phi) is 2.66. The fourth-order valence-electron chi connectivity index (χ4n) is 2.75. The van der Waals surface area contributed by atoms with E-state index in [-0.39, 0.29) is 5.69 Å². The Morgan fingerprint density at radius 3 is 2.73 bits per heavy atom. The van der Waals surface area contributed by atoms with Gasteiger partial charge in [-0.25, -0.2) is 14.3 Å². The zero-order valence-electron chi connectivity index (χ0n) is 12.4. The maximum Gasteiger partial charge on any atom is 0.419 e. The van der Waals surface area contributed by atoms with Crippen LogP contribution in [0.5, 0.6) is 0 Å². The van der Waals surface area contributed by atoms with E-state index in [0.29, 0.717) is 23.6 Å². The van der Waals surface area contributed by atoms with Crippen LogP contribution in [0, 0.1) is 0 Å². The van der Waals surface area contributed by atoms with Gasteiger partial charge in [0.05, 0.1) is 12.1 Å². The molecule has 0 aliphatic heterocycles. The first-order valence-corrected chi connectivity index (χ1v) is 7.27. The molecule has 0 radical (unpaired) electrons. The van der Waals surface area contributed by atoms with Crippen LogP contribution >= 0.6 is 0 Å². The summed E-state index contributed by atoms with van der Waals surface area (Å²) in [6.07, 6.45) is 2.21. The quantitative estimate of drug-likeness (QED) is 0.722. The molecule has 1 aliphatic carbocycles. The third kappa shape index (κ3) is 1.93. The van der Waals surface area contributed by atoms with E-state index in [4.69, 9.17) is 4.42 Å². The summed E-state index contributed by atoms with van der Waals surface area (Å²) >= 11 is 0. The lowest BCUT2D eigenvalue weighted by Gasteiger charge is -2.01. The summed E-state index contributed by atoms with van der Waals surface area (Å²) in [4.78, 5) is 23.8. The van der Waals surface area contributed by atoms with Gasteiger partial charge in [0.15, 0.2) is 5.58 Å². The van der Waals surface area contributed by atoms with Crippen molar-refractivity contribution in [1.82, 2.24) is 18.9 Å². The molecular formula is C15H16N4O3. The molecule has 2 heterocycles. The third-order valence-electron chi connectivity index (χ3n) is 4.21. The molecular weight excluding hydrogens is 284 g/mol. The molecule has 1 fully saturated rings. The number of hydrogen-bond acceptors (Lipinski definition) is 4. The first-order chi connectivity index (χ1) is 10.5. The van der Waals surface area contributed by atoms with E-state index in [1.807, 2.05) is 12.1 Å². The molecule has 0 atom stereocenters. The average Bonchev–Trinajstić information content (AvgIpc) is 3.26. The lowest BCUT2D eigenvalue weighted by atomic mass is 10.2. The lowest BCUT2D eigenvalue weighted by molar-refractivity contribution is 0.528. The molecule has 1 aliphatic rings. The summed E-state index contributed by atoms with van der Waals surface area (Å²) in [5.74, 6) is 0.899. The van der Waals surface area contributed by atoms with Crippen molar-refractivity contribution in [3.05, 3.63) is 50.6 Å². The van der Waals surface area contributed by atoms with Gasteiger partial charge in [-0.1, -0.05) is 6.07 Å². The molecule has 1 saturated carbocycles. The van der Waals surface area contributed by atoms with Crippen molar-refractivity contribution in [2.45, 2.75) is 25.3 Å². The van der Waals surface area contributed by atoms with Crippen LogP contribution in [-0.2, 0) is 20.6 Å². The Morgan fingerprint density at radius 1 is 1.23 bits per heavy atom. The van der Waals surface area contributed by atoms with Gasteiger partial charge in [0.1, 0.15) is 5.82 Å². The summed E-state index contributed by atoms with van der Waals surface area (Å²) in [5, 5.41) is 4.45. The number of nitrogens with zero attached hydrogens (tertiary/aromatic N) is 4. The van der Waals surface area contributed by atoms with E-state index >= 15 is 0 Å². The number of hydrogen-bond donors (Lipinski definition) is 0. The van der Waals surface area contributed by atoms with Gasteiger partial charge in [-0.05, 0) is 30.5 Å². The van der Waals surface area contributed by atoms with Gasteiger partial charge in [-0.15, -0.1) is 0 Å². The maximum atomic E-state index is 12.3. The molecule has 7 heteroatoms. The van der Waals surface area contributed by atoms with Crippen molar-refractivity contribution in [1.29, 1.82) is 0 Å². The van der Waals surface area contributed by atoms with Crippen LogP contribution in [-0.4, -0.2) is 18.9 Å². The summed E-state index contributed by atoms with van der Waals surface area (Å²) in [6, 6.07) is 5.46. The van der Waals surface area contributed by atoms with Crippen molar-refractivity contribution in [3.63, 3.8) is 0 Å². The summed E-state index contributed by atoms with van der Waals surface area (Å²) in [7, 11) is 3.43. The minimum absolute atomic E-state index is 0.108. The normalized spacial score (nSPS) is 14.8. The van der Waals surface area contributed by atoms with Gasteiger partial charge < -0.3 is 4.42 Å². The second kappa shape index (κ2) is 4.46. The van der Waals surface area contributed by atoms with E-state index in [1.165, 1.54) is 9.25 Å². The van der Waals surface area contributed by atoms with Gasteiger partial charge in [0.2, 0.25) is 0 Å². The molecule has 0 bridgehead atoms. The van der Waals surface area contributed by atoms with Crippen molar-refractivity contribution < 1.29 is 4.42 Å². The van der Waals surface area contributed by atoms with Gasteiger partial charge in [-0.3, -0.25) is 9.13 Å². The van der Waals surface area contributed by atoms with Crippen LogP contribution in [0.15, 0.2) is 32.2 Å². The molecule has 0 unspecified atom stereocenters. The fourth-order valence-corrected chi connectivity index (χ4v) is 2.75. The molecule has 0 saturated heterocycles. The highest BCUT2D eigenvalue weighted by Gasteiger charge is 2.29. The first-order valence-electron chi connectivity index (χ1n) is 7.27. The van der Waals surface area contributed by atoms with Crippen LogP contribution in [0.2, 0.25) is 0 Å². The smallest absolute Gasteiger partial charge is 0.408 e. The Bertz CT molecular complexity index is 985. The van der Waals surface area contributed by atoms with E-state index < -0.39 is 5.76 Å². The second-order valence-corrected chi connectivity index (χ2v) is 5.86. The Morgan fingerprint density at radius 2 is 2.00 bits per heavy atom. The molecule has 3 aromatic rings. The van der Waals surface area contributed by atoms with Crippen LogP contribution in [0.25, 0.3) is 11.1 Å². The molecule has 114 valence electrons. The van der Waals surface area contributed by atoms with Crippen LogP contribution < -0.4 is 11.4 Å². The standard InChI is InChI=1S/C15H16N4O3/c1-17-11-7-9(3-6-12(11)22-15(17)21)8-19-14(20)18(2)13(16-19)10-4-5-10/h3,6-7,10H,4-5,8H2,1-2H3. The van der Waals surface area contributed by atoms with Crippen LogP contribution in [0.4, 0.5) is 0 Å². The molecule has 0 amide bonds. The summed E-state index contributed by atoms with van der Waals surface area (Å²) in [5.41, 5.74) is 2.06. The number of rotatable bonds is 3. The molecule has 1 aromatic carbocycles. The van der Waals surface area contributed by atoms with Crippen LogP contribution in [0.3, 0.4) is 0 Å². The lowest BCUT2D eigenvalue weighted by Crippen LogP contribution is -2.23. The van der Waals surface area contributed by atoms with Gasteiger partial charge in [-0.2, -0.15) is 5.10 Å². The predicted octanol–water partition coefficient (Wildman–Crippen LogP) is 0.952. The molecule has 22 heavy (non-hydrogen) atoms. The number of oxazole rings is 1. The third-order valence-corrected chi connectivity index (χ3v) is 4.21. The highest BCUT2D eigenvalue weighted by atomic mass is 16.4. The number of aromatic nitrogens is 4. The van der Waals surface area contributed by atoms with E-state index in [2.05, 4.69) is 5.10 Å². The minimum atomic E-state index is -0.391. The number of benzene rings is 1. The first kappa shape index (κ1) is 13.1. The van der Waals surface area contributed by atoms with E-state index in [9.17, 15) is 9.59 Å². The topological polar surface area (TPSA) is 75.0 Å². The monoisotopic (exact) mass is 300 g/mol. The molecule has 0 spiro atoms. The SMILES string of the molecule is Cn1c(C2CC2)nn(Cc2ccc3oc(=O)n(C)c3c2)c1=O. The number of fused-ring (bicyclic) bond motifs is 1. The summed E-state index contributed by atoms with van der Waals surface area (Å²) < 4.78 is 9.67. The van der Waals surface area contributed by atoms with Crippen molar-refractivity contribution in [2.75, 3.05) is 0 Å². The Labute approximate surface area is 125 Å². The van der Waals surface area contributed by atoms with Gasteiger partial charge in [0, 0.05) is 20.0 Å². The van der Waals surface area contributed by atoms with Crippen LogP contribution in [0.1, 0.15) is 30.1 Å². The minimum Gasteiger partial charge on any atom is -0.408 e. The maximum absolute atomic E-state index is 12.3. The second-order valence-electron chi connectivity index (χ2n) is 5.86. The zero-order chi connectivity index (χ0) is 15.4. The van der Waals surface area contributed by atoms with E-state index in [0.717, 1.165) is 24.2 Å². The number of aryl methyl sites for hydroxylation is 1. The summed E-state index contributed by atoms with van der Waals surface area (Å²) in [6.45, 7) is 0.384. The molecule has 2 aromatic heterocycles. The predicted molar refractivity (Wildman–Crippen MR) is 80.0 cm³/mol. The zero-order valence-corrected chi connectivity index (χ0v) is 12.4. The fraction of sp³-hybridized carbons (Fsp3) is 0.400. The average molecular weight is 300 g/mol. The molecule has 4 rings (SSSR count).